The van der Waals surface area contributed by atoms with Gasteiger partial charge >= 0.3 is 0 Å². The van der Waals surface area contributed by atoms with Crippen LogP contribution in [0.25, 0.3) is 110 Å². The van der Waals surface area contributed by atoms with Gasteiger partial charge in [0.25, 0.3) is 0 Å². The minimum absolute atomic E-state index is 0.572. The van der Waals surface area contributed by atoms with E-state index < -0.39 is 0 Å². The number of hydrogen-bond acceptors (Lipinski definition) is 3. The lowest BCUT2D eigenvalue weighted by molar-refractivity contribution is 0.953. The summed E-state index contributed by atoms with van der Waals surface area (Å²) in [5.74, 6) is 1.82. The second-order valence-electron chi connectivity index (χ2n) is 14.5. The molecule has 0 N–H and O–H groups in total. The maximum atomic E-state index is 5.32. The molecule has 0 spiro atoms. The average molecular weight is 714 g/mol. The van der Waals surface area contributed by atoms with Crippen molar-refractivity contribution in [1.82, 2.24) is 24.1 Å². The fraction of sp³-hybridized carbons (Fsp3) is 0. The predicted molar refractivity (Wildman–Crippen MR) is 232 cm³/mol. The Kier molecular flexibility index (Phi) is 6.56. The molecular weight excluding hydrogens is 683 g/mol. The smallest absolute Gasteiger partial charge is 0.238 e. The van der Waals surface area contributed by atoms with Crippen LogP contribution in [0.5, 0.6) is 0 Å². The average Bonchev–Trinajstić information content (AvgIpc) is 3.77. The molecule has 56 heavy (non-hydrogen) atoms. The number of rotatable bonds is 4. The van der Waals surface area contributed by atoms with E-state index in [0.717, 1.165) is 54.9 Å². The molecule has 3 heterocycles. The van der Waals surface area contributed by atoms with E-state index in [1.807, 2.05) is 18.2 Å². The molecule has 9 aromatic carbocycles. The van der Waals surface area contributed by atoms with Gasteiger partial charge in [0.15, 0.2) is 11.6 Å². The maximum Gasteiger partial charge on any atom is 0.238 e. The van der Waals surface area contributed by atoms with Gasteiger partial charge in [-0.1, -0.05) is 146 Å². The zero-order valence-corrected chi connectivity index (χ0v) is 30.1. The number of para-hydroxylation sites is 1. The van der Waals surface area contributed by atoms with Gasteiger partial charge in [0.05, 0.1) is 22.1 Å². The molecule has 5 nitrogen and oxygen atoms in total. The fourth-order valence-electron chi connectivity index (χ4n) is 8.70. The third-order valence-corrected chi connectivity index (χ3v) is 11.3. The molecule has 0 saturated carbocycles. The van der Waals surface area contributed by atoms with Crippen molar-refractivity contribution < 1.29 is 0 Å². The number of aromatic nitrogens is 5. The number of benzene rings is 9. The molecule has 0 radical (unpaired) electrons. The first-order chi connectivity index (χ1) is 27.7. The number of fused-ring (bicyclic) bond motifs is 10. The Bertz CT molecular complexity index is 3540. The van der Waals surface area contributed by atoms with Crippen LogP contribution in [0.3, 0.4) is 0 Å². The Morgan fingerprint density at radius 2 is 0.929 bits per heavy atom. The van der Waals surface area contributed by atoms with Gasteiger partial charge in [-0.3, -0.25) is 4.57 Å². The molecular formula is C51H31N5. The molecule has 3 aromatic heterocycles. The van der Waals surface area contributed by atoms with Crippen molar-refractivity contribution in [3.05, 3.63) is 188 Å². The van der Waals surface area contributed by atoms with E-state index in [-0.39, 0.29) is 0 Å². The highest BCUT2D eigenvalue weighted by Gasteiger charge is 2.21. The molecule has 0 aliphatic rings. The molecule has 0 saturated heterocycles. The monoisotopic (exact) mass is 713 g/mol. The minimum Gasteiger partial charge on any atom is -0.309 e. The Labute approximate surface area is 321 Å². The van der Waals surface area contributed by atoms with Crippen LogP contribution in [0.1, 0.15) is 0 Å². The molecule has 0 amide bonds. The quantitative estimate of drug-likeness (QED) is 0.182. The lowest BCUT2D eigenvalue weighted by Crippen LogP contribution is -2.06. The third-order valence-electron chi connectivity index (χ3n) is 11.3. The number of nitrogens with zero attached hydrogens (tertiary/aromatic N) is 5. The summed E-state index contributed by atoms with van der Waals surface area (Å²) in [6.45, 7) is 0. The molecule has 0 unspecified atom stereocenters. The Morgan fingerprint density at radius 1 is 0.304 bits per heavy atom. The van der Waals surface area contributed by atoms with E-state index in [1.54, 1.807) is 0 Å². The van der Waals surface area contributed by atoms with Gasteiger partial charge < -0.3 is 4.57 Å². The van der Waals surface area contributed by atoms with Crippen molar-refractivity contribution in [1.29, 1.82) is 0 Å². The van der Waals surface area contributed by atoms with Crippen molar-refractivity contribution in [3.8, 4) is 34.4 Å². The second kappa shape index (κ2) is 11.9. The van der Waals surface area contributed by atoms with Crippen molar-refractivity contribution in [2.24, 2.45) is 0 Å². The molecule has 12 aromatic rings. The van der Waals surface area contributed by atoms with Gasteiger partial charge in [0.2, 0.25) is 5.95 Å². The molecule has 0 aliphatic carbocycles. The summed E-state index contributed by atoms with van der Waals surface area (Å²) in [5, 5.41) is 11.9. The van der Waals surface area contributed by atoms with Gasteiger partial charge in [-0.2, -0.15) is 9.97 Å². The highest BCUT2D eigenvalue weighted by molar-refractivity contribution is 6.21. The van der Waals surface area contributed by atoms with Crippen LogP contribution >= 0.6 is 0 Å². The van der Waals surface area contributed by atoms with Crippen LogP contribution in [-0.2, 0) is 0 Å². The molecule has 260 valence electrons. The van der Waals surface area contributed by atoms with Crippen LogP contribution in [-0.4, -0.2) is 24.1 Å². The first-order valence-electron chi connectivity index (χ1n) is 18.9. The third kappa shape index (κ3) is 4.64. The van der Waals surface area contributed by atoms with E-state index in [0.29, 0.717) is 17.6 Å². The van der Waals surface area contributed by atoms with Crippen molar-refractivity contribution in [2.75, 3.05) is 0 Å². The maximum absolute atomic E-state index is 5.32. The lowest BCUT2D eigenvalue weighted by Gasteiger charge is -2.13. The summed E-state index contributed by atoms with van der Waals surface area (Å²) in [7, 11) is 0. The molecule has 0 fully saturated rings. The largest absolute Gasteiger partial charge is 0.309 e. The van der Waals surface area contributed by atoms with Crippen molar-refractivity contribution in [3.63, 3.8) is 0 Å². The van der Waals surface area contributed by atoms with E-state index in [2.05, 4.69) is 179 Å². The topological polar surface area (TPSA) is 48.5 Å². The summed E-state index contributed by atoms with van der Waals surface area (Å²) in [6, 6.07) is 66.9. The van der Waals surface area contributed by atoms with Crippen LogP contribution in [0, 0.1) is 0 Å². The van der Waals surface area contributed by atoms with Gasteiger partial charge in [-0.15, -0.1) is 0 Å². The molecule has 0 atom stereocenters. The van der Waals surface area contributed by atoms with Crippen LogP contribution in [0.4, 0.5) is 0 Å². The SMILES string of the molecule is c1ccc(-c2nc(-c3ccc4ccccc4c3)nc(-n3c4cc(-n5c6ccccc6c6c7ccccc7ccc65)ccc4c4cc5ccccc5cc43)n2)cc1. The molecule has 0 bridgehead atoms. The van der Waals surface area contributed by atoms with Crippen molar-refractivity contribution in [2.45, 2.75) is 0 Å². The van der Waals surface area contributed by atoms with Crippen LogP contribution in [0.2, 0.25) is 0 Å². The second-order valence-corrected chi connectivity index (χ2v) is 14.5. The zero-order chi connectivity index (χ0) is 36.7. The van der Waals surface area contributed by atoms with Crippen LogP contribution < -0.4 is 0 Å². The Hall–Kier alpha value is -7.63. The zero-order valence-electron chi connectivity index (χ0n) is 30.1. The van der Waals surface area contributed by atoms with Crippen molar-refractivity contribution >= 4 is 75.9 Å². The summed E-state index contributed by atoms with van der Waals surface area (Å²) < 4.78 is 4.64. The highest BCUT2D eigenvalue weighted by Crippen LogP contribution is 2.40. The lowest BCUT2D eigenvalue weighted by atomic mass is 10.0. The Balaban J connectivity index is 1.18. The van der Waals surface area contributed by atoms with Gasteiger partial charge in [0.1, 0.15) is 0 Å². The summed E-state index contributed by atoms with van der Waals surface area (Å²) in [4.78, 5) is 15.7. The fourth-order valence-corrected chi connectivity index (χ4v) is 8.70. The van der Waals surface area contributed by atoms with Gasteiger partial charge in [0, 0.05) is 38.4 Å². The first-order valence-corrected chi connectivity index (χ1v) is 18.9. The summed E-state index contributed by atoms with van der Waals surface area (Å²) in [5.41, 5.74) is 7.34. The standard InChI is InChI=1S/C51H31N5/c1-2-14-34(15-3-1)49-52-50(38-23-22-32-12-4-5-16-35(32)28-38)54-51(53-49)56-46-30-37-18-7-6-17-36(37)29-43(46)41-26-25-39(31-47(41)56)55-44-21-11-10-20-42(44)48-40-19-9-8-13-33(40)24-27-45(48)55/h1-31H. The van der Waals surface area contributed by atoms with E-state index in [4.69, 9.17) is 15.0 Å². The highest BCUT2D eigenvalue weighted by atomic mass is 15.2. The normalized spacial score (nSPS) is 11.9. The summed E-state index contributed by atoms with van der Waals surface area (Å²) >= 11 is 0. The summed E-state index contributed by atoms with van der Waals surface area (Å²) in [6.07, 6.45) is 0. The predicted octanol–water partition coefficient (Wildman–Crippen LogP) is 12.9. The first kappa shape index (κ1) is 30.8. The van der Waals surface area contributed by atoms with Gasteiger partial charge in [-0.25, -0.2) is 4.98 Å². The minimum atomic E-state index is 0.572. The van der Waals surface area contributed by atoms with E-state index >= 15 is 0 Å². The molecule has 12 rings (SSSR count). The van der Waals surface area contributed by atoms with Crippen LogP contribution in [0.15, 0.2) is 188 Å². The Morgan fingerprint density at radius 3 is 1.75 bits per heavy atom. The number of hydrogen-bond donors (Lipinski definition) is 0. The van der Waals surface area contributed by atoms with E-state index in [9.17, 15) is 0 Å². The molecule has 0 aliphatic heterocycles. The van der Waals surface area contributed by atoms with E-state index in [1.165, 1.54) is 37.8 Å². The van der Waals surface area contributed by atoms with Gasteiger partial charge in [-0.05, 0) is 74.8 Å². The molecule has 5 heteroatoms.